The number of nitriles is 1. The molecule has 2 N–H and O–H groups in total. The monoisotopic (exact) mass is 501 g/mol. The Morgan fingerprint density at radius 2 is 1.91 bits per heavy atom. The Morgan fingerprint density at radius 1 is 1.12 bits per heavy atom. The molecule has 1 aromatic heterocycles. The molecule has 0 radical (unpaired) electrons. The van der Waals surface area contributed by atoms with Gasteiger partial charge < -0.3 is 10.6 Å². The number of benzene rings is 2. The number of anilines is 2. The van der Waals surface area contributed by atoms with Gasteiger partial charge in [-0.15, -0.1) is 11.3 Å². The third-order valence-corrected chi connectivity index (χ3v) is 7.86. The molecule has 1 aliphatic rings. The summed E-state index contributed by atoms with van der Waals surface area (Å²) >= 11 is 14.0. The molecule has 0 saturated carbocycles. The Morgan fingerprint density at radius 3 is 2.64 bits per heavy atom. The van der Waals surface area contributed by atoms with Crippen LogP contribution in [0.2, 0.25) is 10.0 Å². The molecule has 0 spiro atoms. The number of piperazine rings is 1. The van der Waals surface area contributed by atoms with Gasteiger partial charge in [0.2, 0.25) is 0 Å². The van der Waals surface area contributed by atoms with Crippen LogP contribution in [0.5, 0.6) is 0 Å². The van der Waals surface area contributed by atoms with Crippen molar-refractivity contribution < 1.29 is 4.79 Å². The van der Waals surface area contributed by atoms with Gasteiger partial charge >= 0.3 is 6.03 Å². The third-order valence-electron chi connectivity index (χ3n) is 5.91. The van der Waals surface area contributed by atoms with Gasteiger partial charge in [0, 0.05) is 37.4 Å². The molecule has 9 heteroatoms. The molecule has 2 amide bonds. The summed E-state index contributed by atoms with van der Waals surface area (Å²) < 4.78 is 1.04. The van der Waals surface area contributed by atoms with Gasteiger partial charge in [-0.25, -0.2) is 4.79 Å². The van der Waals surface area contributed by atoms with Gasteiger partial charge in [0.15, 0.2) is 0 Å². The topological polar surface area (TPSA) is 76.6 Å². The molecule has 4 rings (SSSR count). The van der Waals surface area contributed by atoms with Gasteiger partial charge in [0.25, 0.3) is 0 Å². The first-order chi connectivity index (χ1) is 16.0. The summed E-state index contributed by atoms with van der Waals surface area (Å²) in [5.41, 5.74) is 7.27. The van der Waals surface area contributed by atoms with E-state index in [2.05, 4.69) is 15.9 Å². The first-order valence-electron chi connectivity index (χ1n) is 10.9. The number of hydrogen-bond acceptors (Lipinski definition) is 5. The van der Waals surface area contributed by atoms with Crippen LogP contribution in [0.3, 0.4) is 0 Å². The molecule has 0 unspecified atom stereocenters. The smallest absolute Gasteiger partial charge is 0.319 e. The van der Waals surface area contributed by atoms with Crippen molar-refractivity contribution in [3.8, 4) is 6.07 Å². The molecule has 0 atom stereocenters. The number of amides is 2. The van der Waals surface area contributed by atoms with E-state index < -0.39 is 6.03 Å². The van der Waals surface area contributed by atoms with Crippen LogP contribution in [0.25, 0.3) is 10.1 Å². The largest absolute Gasteiger partial charge is 0.368 e. The number of halogens is 2. The fourth-order valence-electron chi connectivity index (χ4n) is 4.12. The van der Waals surface area contributed by atoms with Crippen molar-refractivity contribution in [1.82, 2.24) is 4.90 Å². The predicted octanol–water partition coefficient (Wildman–Crippen LogP) is 5.57. The second-order valence-electron chi connectivity index (χ2n) is 8.05. The highest BCUT2D eigenvalue weighted by molar-refractivity contribution is 7.23. The SMILES string of the molecule is N#Cc1ccc2sc(N(CCCCN3CCN(c4cccc(Cl)c4Cl)CC3)C(N)=O)cc2c1. The van der Waals surface area contributed by atoms with Gasteiger partial charge in [0.05, 0.1) is 27.4 Å². The lowest BCUT2D eigenvalue weighted by atomic mass is 10.2. The molecule has 2 heterocycles. The Balaban J connectivity index is 1.27. The molecule has 1 aliphatic heterocycles. The van der Waals surface area contributed by atoms with Gasteiger partial charge in [-0.3, -0.25) is 9.80 Å². The summed E-state index contributed by atoms with van der Waals surface area (Å²) in [5.74, 6) is 0. The minimum absolute atomic E-state index is 0.450. The quantitative estimate of drug-likeness (QED) is 0.429. The summed E-state index contributed by atoms with van der Waals surface area (Å²) in [6, 6.07) is 14.9. The molecular formula is C24H25Cl2N5OS. The summed E-state index contributed by atoms with van der Waals surface area (Å²) in [5, 5.41) is 12.1. The van der Waals surface area contributed by atoms with E-state index >= 15 is 0 Å². The van der Waals surface area contributed by atoms with Crippen LogP contribution < -0.4 is 15.5 Å². The van der Waals surface area contributed by atoms with E-state index in [1.54, 1.807) is 17.0 Å². The predicted molar refractivity (Wildman–Crippen MR) is 138 cm³/mol. The summed E-state index contributed by atoms with van der Waals surface area (Å²) in [6.45, 7) is 5.27. The fraction of sp³-hybridized carbons (Fsp3) is 0.333. The second-order valence-corrected chi connectivity index (χ2v) is 9.90. The number of hydrogen-bond donors (Lipinski definition) is 1. The normalized spacial score (nSPS) is 14.4. The molecule has 2 aromatic carbocycles. The average molecular weight is 502 g/mol. The van der Waals surface area contributed by atoms with Crippen molar-refractivity contribution in [2.75, 3.05) is 49.1 Å². The second kappa shape index (κ2) is 10.6. The lowest BCUT2D eigenvalue weighted by Gasteiger charge is -2.36. The number of fused-ring (bicyclic) bond motifs is 1. The molecule has 172 valence electrons. The number of primary amides is 1. The van der Waals surface area contributed by atoms with Crippen molar-refractivity contribution in [2.45, 2.75) is 12.8 Å². The number of carbonyl (C=O) groups excluding carboxylic acids is 1. The molecule has 1 saturated heterocycles. The first kappa shape index (κ1) is 23.7. The Labute approximate surface area is 207 Å². The van der Waals surface area contributed by atoms with Crippen LogP contribution in [0, 0.1) is 11.3 Å². The van der Waals surface area contributed by atoms with Crippen molar-refractivity contribution in [3.63, 3.8) is 0 Å². The highest BCUT2D eigenvalue weighted by atomic mass is 35.5. The lowest BCUT2D eigenvalue weighted by Crippen LogP contribution is -2.46. The van der Waals surface area contributed by atoms with E-state index in [0.29, 0.717) is 22.2 Å². The van der Waals surface area contributed by atoms with E-state index in [9.17, 15) is 4.79 Å². The lowest BCUT2D eigenvalue weighted by molar-refractivity contribution is 0.249. The number of thiophene rings is 1. The van der Waals surface area contributed by atoms with Crippen LogP contribution in [0.4, 0.5) is 15.5 Å². The van der Waals surface area contributed by atoms with Gasteiger partial charge in [-0.2, -0.15) is 5.26 Å². The minimum atomic E-state index is -0.450. The van der Waals surface area contributed by atoms with Crippen LogP contribution in [0.15, 0.2) is 42.5 Å². The first-order valence-corrected chi connectivity index (χ1v) is 12.5. The highest BCUT2D eigenvalue weighted by Gasteiger charge is 2.20. The number of urea groups is 1. The number of nitrogens with zero attached hydrogens (tertiary/aromatic N) is 4. The molecule has 6 nitrogen and oxygen atoms in total. The maximum Gasteiger partial charge on any atom is 0.319 e. The zero-order valence-corrected chi connectivity index (χ0v) is 20.5. The Hall–Kier alpha value is -2.50. The molecule has 0 aliphatic carbocycles. The molecule has 3 aromatic rings. The maximum absolute atomic E-state index is 12.1. The van der Waals surface area contributed by atoms with Crippen molar-refractivity contribution in [1.29, 1.82) is 5.26 Å². The van der Waals surface area contributed by atoms with E-state index in [1.165, 1.54) is 11.3 Å². The van der Waals surface area contributed by atoms with Crippen LogP contribution in [-0.2, 0) is 0 Å². The molecule has 0 bridgehead atoms. The Bertz CT molecular complexity index is 1180. The number of unbranched alkanes of at least 4 members (excludes halogenated alkanes) is 1. The standard InChI is InChI=1S/C24H25Cl2N5OS/c25-19-4-3-5-20(23(19)26)30-12-10-29(11-13-30)8-1-2-9-31(24(28)32)22-15-18-14-17(16-27)6-7-21(18)33-22/h3-7,14-15H,1-2,8-13H2,(H2,28,32). The van der Waals surface area contributed by atoms with Crippen LogP contribution >= 0.6 is 34.5 Å². The van der Waals surface area contributed by atoms with Crippen molar-refractivity contribution >= 4 is 61.3 Å². The van der Waals surface area contributed by atoms with E-state index in [4.69, 9.17) is 34.2 Å². The van der Waals surface area contributed by atoms with Crippen LogP contribution in [-0.4, -0.2) is 50.2 Å². The number of nitrogens with two attached hydrogens (primary N) is 1. The van der Waals surface area contributed by atoms with E-state index in [0.717, 1.165) is 66.3 Å². The highest BCUT2D eigenvalue weighted by Crippen LogP contribution is 2.34. The van der Waals surface area contributed by atoms with Crippen molar-refractivity contribution in [2.24, 2.45) is 5.73 Å². The zero-order chi connectivity index (χ0) is 23.4. The zero-order valence-electron chi connectivity index (χ0n) is 18.1. The van der Waals surface area contributed by atoms with Crippen LogP contribution in [0.1, 0.15) is 18.4 Å². The maximum atomic E-state index is 12.1. The summed E-state index contributed by atoms with van der Waals surface area (Å²) in [6.07, 6.45) is 1.84. The third kappa shape index (κ3) is 5.53. The van der Waals surface area contributed by atoms with Gasteiger partial charge in [-0.1, -0.05) is 29.3 Å². The molecular weight excluding hydrogens is 477 g/mol. The summed E-state index contributed by atoms with van der Waals surface area (Å²) in [4.78, 5) is 18.4. The summed E-state index contributed by atoms with van der Waals surface area (Å²) in [7, 11) is 0. The van der Waals surface area contributed by atoms with E-state index in [1.807, 2.05) is 30.3 Å². The average Bonchev–Trinajstić information content (AvgIpc) is 3.23. The Kier molecular flexibility index (Phi) is 7.61. The van der Waals surface area contributed by atoms with E-state index in [-0.39, 0.29) is 0 Å². The van der Waals surface area contributed by atoms with Gasteiger partial charge in [-0.05, 0) is 61.2 Å². The van der Waals surface area contributed by atoms with Crippen molar-refractivity contribution in [3.05, 3.63) is 58.1 Å². The molecule has 33 heavy (non-hydrogen) atoms. The van der Waals surface area contributed by atoms with Gasteiger partial charge in [0.1, 0.15) is 5.00 Å². The fourth-order valence-corrected chi connectivity index (χ4v) is 5.60. The number of carbonyl (C=O) groups is 1. The minimum Gasteiger partial charge on any atom is -0.368 e. The number of rotatable bonds is 7. The molecule has 1 fully saturated rings.